The van der Waals surface area contributed by atoms with E-state index < -0.39 is 0 Å². The zero-order chi connectivity index (χ0) is 16.4. The van der Waals surface area contributed by atoms with E-state index in [1.54, 1.807) is 24.8 Å². The summed E-state index contributed by atoms with van der Waals surface area (Å²) in [7, 11) is 0. The smallest absolute Gasteiger partial charge is 0.274 e. The Morgan fingerprint density at radius 3 is 2.96 bits per heavy atom. The highest BCUT2D eigenvalue weighted by atomic mass is 16.2. The summed E-state index contributed by atoms with van der Waals surface area (Å²) in [5.41, 5.74) is 3.11. The molecule has 24 heavy (non-hydrogen) atoms. The van der Waals surface area contributed by atoms with Gasteiger partial charge in [-0.3, -0.25) is 24.9 Å². The molecule has 1 amide bonds. The molecule has 4 rings (SSSR count). The lowest BCUT2D eigenvalue weighted by atomic mass is 10.0. The number of nitrogens with zero attached hydrogens (tertiary/aromatic N) is 4. The molecule has 0 radical (unpaired) electrons. The third-order valence-corrected chi connectivity index (χ3v) is 3.79. The van der Waals surface area contributed by atoms with Gasteiger partial charge in [0.2, 0.25) is 0 Å². The fourth-order valence-electron chi connectivity index (χ4n) is 2.60. The van der Waals surface area contributed by atoms with Crippen molar-refractivity contribution in [2.75, 3.05) is 6.54 Å². The largest absolute Gasteiger partial charge is 0.327 e. The molecule has 1 aliphatic rings. The molecule has 1 atom stereocenters. The van der Waals surface area contributed by atoms with E-state index in [2.05, 4.69) is 30.5 Å². The van der Waals surface area contributed by atoms with Crippen molar-refractivity contribution in [3.63, 3.8) is 0 Å². The van der Waals surface area contributed by atoms with Gasteiger partial charge in [0, 0.05) is 35.8 Å². The number of aromatic nitrogens is 3. The van der Waals surface area contributed by atoms with Gasteiger partial charge in [-0.05, 0) is 23.8 Å². The van der Waals surface area contributed by atoms with Gasteiger partial charge in [-0.1, -0.05) is 12.1 Å². The highest BCUT2D eigenvalue weighted by molar-refractivity contribution is 6.16. The van der Waals surface area contributed by atoms with Crippen LogP contribution in [-0.2, 0) is 0 Å². The topological polar surface area (TPSA) is 95.4 Å². The molecule has 0 aliphatic carbocycles. The minimum Gasteiger partial charge on any atom is -0.327 e. The van der Waals surface area contributed by atoms with Crippen LogP contribution in [0.25, 0.3) is 22.0 Å². The maximum absolute atomic E-state index is 12.5. The van der Waals surface area contributed by atoms with E-state index >= 15 is 0 Å². The molecule has 0 spiro atoms. The molecule has 2 aromatic heterocycles. The second-order valence-electron chi connectivity index (χ2n) is 5.38. The van der Waals surface area contributed by atoms with Crippen LogP contribution in [0.2, 0.25) is 0 Å². The number of carbonyl (C=O) groups is 1. The summed E-state index contributed by atoms with van der Waals surface area (Å²) in [5, 5.41) is 10.6. The van der Waals surface area contributed by atoms with Crippen molar-refractivity contribution in [2.45, 2.75) is 6.17 Å². The first-order chi connectivity index (χ1) is 11.8. The van der Waals surface area contributed by atoms with Crippen molar-refractivity contribution >= 4 is 29.2 Å². The minimum atomic E-state index is -0.351. The van der Waals surface area contributed by atoms with Gasteiger partial charge in [0.05, 0.1) is 12.1 Å². The van der Waals surface area contributed by atoms with Crippen molar-refractivity contribution in [1.82, 2.24) is 20.5 Å². The maximum atomic E-state index is 12.5. The Balaban J connectivity index is 1.67. The number of rotatable bonds is 3. The zero-order valence-corrected chi connectivity index (χ0v) is 12.7. The number of hydrogen-bond acceptors (Lipinski definition) is 5. The fraction of sp³-hybridized carbons (Fsp3) is 0.118. The third-order valence-electron chi connectivity index (χ3n) is 3.79. The lowest BCUT2D eigenvalue weighted by Crippen LogP contribution is -2.37. The van der Waals surface area contributed by atoms with Crippen molar-refractivity contribution in [3.8, 4) is 11.1 Å². The standard InChI is InChI=1S/C17H14N6O/c24-17(21-15-10-19-6-7-20-15)16-13-8-11(3-4-14(13)22-23-16)12-2-1-5-18-9-12/h1-9,15H,10H2,(H,21,24)(H,22,23). The fourth-order valence-corrected chi connectivity index (χ4v) is 2.60. The van der Waals surface area contributed by atoms with E-state index in [-0.39, 0.29) is 12.1 Å². The van der Waals surface area contributed by atoms with Gasteiger partial charge < -0.3 is 5.32 Å². The summed E-state index contributed by atoms with van der Waals surface area (Å²) in [6, 6.07) is 9.67. The Morgan fingerprint density at radius 1 is 1.21 bits per heavy atom. The second kappa shape index (κ2) is 6.04. The Hall–Kier alpha value is -3.35. The highest BCUT2D eigenvalue weighted by Crippen LogP contribution is 2.24. The lowest BCUT2D eigenvalue weighted by Gasteiger charge is -2.13. The molecule has 0 fully saturated rings. The average Bonchev–Trinajstić information content (AvgIpc) is 3.06. The molecule has 3 aromatic rings. The molecule has 0 saturated carbocycles. The number of aromatic amines is 1. The van der Waals surface area contributed by atoms with Gasteiger partial charge in [0.1, 0.15) is 6.17 Å². The summed E-state index contributed by atoms with van der Waals surface area (Å²) < 4.78 is 0. The quantitative estimate of drug-likeness (QED) is 0.771. The second-order valence-corrected chi connectivity index (χ2v) is 5.38. The number of carbonyl (C=O) groups excluding carboxylic acids is 1. The first-order valence-corrected chi connectivity index (χ1v) is 7.52. The Bertz CT molecular complexity index is 944. The first kappa shape index (κ1) is 14.3. The Kier molecular flexibility index (Phi) is 3.59. The normalized spacial score (nSPS) is 16.4. The molecule has 0 saturated heterocycles. The number of amides is 1. The minimum absolute atomic E-state index is 0.274. The first-order valence-electron chi connectivity index (χ1n) is 7.52. The number of nitrogens with one attached hydrogen (secondary N) is 2. The summed E-state index contributed by atoms with van der Waals surface area (Å²) >= 11 is 0. The third kappa shape index (κ3) is 2.67. The van der Waals surface area contributed by atoms with Crippen LogP contribution in [0.1, 0.15) is 10.5 Å². The summed E-state index contributed by atoms with van der Waals surface area (Å²) in [4.78, 5) is 24.9. The van der Waals surface area contributed by atoms with Crippen LogP contribution in [0.15, 0.2) is 52.7 Å². The number of benzene rings is 1. The molecule has 0 bridgehead atoms. The van der Waals surface area contributed by atoms with Crippen LogP contribution in [0.5, 0.6) is 0 Å². The van der Waals surface area contributed by atoms with E-state index in [4.69, 9.17) is 0 Å². The van der Waals surface area contributed by atoms with Crippen LogP contribution in [0.4, 0.5) is 0 Å². The monoisotopic (exact) mass is 318 g/mol. The predicted octanol–water partition coefficient (Wildman–Crippen LogP) is 1.84. The van der Waals surface area contributed by atoms with Crippen molar-refractivity contribution < 1.29 is 4.79 Å². The number of fused-ring (bicyclic) bond motifs is 1. The Labute approximate surface area is 137 Å². The summed E-state index contributed by atoms with van der Waals surface area (Å²) in [5.74, 6) is -0.274. The van der Waals surface area contributed by atoms with Crippen LogP contribution < -0.4 is 5.32 Å². The van der Waals surface area contributed by atoms with Crippen molar-refractivity contribution in [1.29, 1.82) is 0 Å². The van der Waals surface area contributed by atoms with Crippen LogP contribution in [0, 0.1) is 0 Å². The molecule has 1 unspecified atom stereocenters. The number of pyridine rings is 1. The van der Waals surface area contributed by atoms with Crippen LogP contribution in [-0.4, -0.2) is 46.2 Å². The number of H-pyrrole nitrogens is 1. The van der Waals surface area contributed by atoms with Gasteiger partial charge >= 0.3 is 0 Å². The SMILES string of the molecule is O=C(NC1CN=CC=N1)c1n[nH]c2ccc(-c3cccnc3)cc12. The zero-order valence-electron chi connectivity index (χ0n) is 12.7. The van der Waals surface area contributed by atoms with E-state index in [1.165, 1.54) is 0 Å². The van der Waals surface area contributed by atoms with Crippen LogP contribution in [0.3, 0.4) is 0 Å². The highest BCUT2D eigenvalue weighted by Gasteiger charge is 2.18. The Morgan fingerprint density at radius 2 is 2.17 bits per heavy atom. The molecular formula is C17H14N6O. The molecule has 7 heteroatoms. The van der Waals surface area contributed by atoms with E-state index in [9.17, 15) is 4.79 Å². The van der Waals surface area contributed by atoms with Gasteiger partial charge in [-0.2, -0.15) is 5.10 Å². The van der Waals surface area contributed by atoms with Crippen LogP contribution >= 0.6 is 0 Å². The van der Waals surface area contributed by atoms with E-state index in [0.717, 1.165) is 22.0 Å². The molecule has 1 aliphatic heterocycles. The van der Waals surface area contributed by atoms with Crippen molar-refractivity contribution in [3.05, 3.63) is 48.4 Å². The van der Waals surface area contributed by atoms with Gasteiger partial charge in [0.25, 0.3) is 5.91 Å². The number of aliphatic imine (C=N–C) groups is 2. The molecular weight excluding hydrogens is 304 g/mol. The molecule has 3 heterocycles. The lowest BCUT2D eigenvalue weighted by molar-refractivity contribution is 0.0936. The summed E-state index contributed by atoms with van der Waals surface area (Å²) in [6.07, 6.45) is 6.36. The van der Waals surface area contributed by atoms with Gasteiger partial charge in [0.15, 0.2) is 5.69 Å². The maximum Gasteiger partial charge on any atom is 0.274 e. The van der Waals surface area contributed by atoms with Crippen molar-refractivity contribution in [2.24, 2.45) is 9.98 Å². The molecule has 2 N–H and O–H groups in total. The van der Waals surface area contributed by atoms with Gasteiger partial charge in [-0.25, -0.2) is 0 Å². The average molecular weight is 318 g/mol. The predicted molar refractivity (Wildman–Crippen MR) is 92.4 cm³/mol. The van der Waals surface area contributed by atoms with E-state index in [1.807, 2.05) is 30.3 Å². The molecule has 118 valence electrons. The van der Waals surface area contributed by atoms with E-state index in [0.29, 0.717) is 12.2 Å². The summed E-state index contributed by atoms with van der Waals surface area (Å²) in [6.45, 7) is 0.436. The number of hydrogen-bond donors (Lipinski definition) is 2. The van der Waals surface area contributed by atoms with Gasteiger partial charge in [-0.15, -0.1) is 0 Å². The molecule has 7 nitrogen and oxygen atoms in total. The molecule has 1 aromatic carbocycles.